The summed E-state index contributed by atoms with van der Waals surface area (Å²) in [6.45, 7) is 0.516. The molecule has 3 amide bonds. The van der Waals surface area contributed by atoms with E-state index in [2.05, 4.69) is 20.3 Å². The number of carbonyl (C=O) groups is 2. The lowest BCUT2D eigenvalue weighted by Crippen LogP contribution is -2.53. The number of anilines is 2. The molecule has 0 saturated carbocycles. The molecule has 0 spiro atoms. The van der Waals surface area contributed by atoms with Crippen molar-refractivity contribution in [3.05, 3.63) is 78.0 Å². The van der Waals surface area contributed by atoms with Gasteiger partial charge in [0.2, 0.25) is 10.0 Å². The zero-order valence-electron chi connectivity index (χ0n) is 20.8. The minimum Gasteiger partial charge on any atom is -0.326 e. The number of nitrogens with zero attached hydrogens (tertiary/aromatic N) is 2. The van der Waals surface area contributed by atoms with Gasteiger partial charge in [-0.05, 0) is 60.4 Å². The zero-order valence-corrected chi connectivity index (χ0v) is 21.6. The second-order valence-electron chi connectivity index (χ2n) is 9.01. The van der Waals surface area contributed by atoms with Crippen LogP contribution in [-0.4, -0.2) is 44.2 Å². The van der Waals surface area contributed by atoms with Crippen LogP contribution in [0.25, 0.3) is 11.1 Å². The van der Waals surface area contributed by atoms with Crippen LogP contribution in [0.4, 0.5) is 29.5 Å². The number of sulfonamides is 1. The Morgan fingerprint density at radius 1 is 1.08 bits per heavy atom. The van der Waals surface area contributed by atoms with E-state index in [1.807, 2.05) is 18.2 Å². The van der Waals surface area contributed by atoms with Gasteiger partial charge in [0.25, 0.3) is 5.91 Å². The first-order valence-electron chi connectivity index (χ1n) is 12.0. The van der Waals surface area contributed by atoms with Gasteiger partial charge in [0.1, 0.15) is 11.9 Å². The lowest BCUT2D eigenvalue weighted by Gasteiger charge is -2.32. The standard InChI is InChI=1S/C26H26F3N5O4S/c1-39(37,38)31-16-17-5-2-3-6-21(17)18-8-13-23(30-15-18)34-14-4-7-22(24(34)35)33-25(36)32-20-11-9-19(10-12-20)26(27,28)29/h2-3,5-6,8-13,15,22,31H,4,7,14,16H2,1H3,(H2,32,33,36)/t22-/m1/s1. The van der Waals surface area contributed by atoms with Crippen molar-refractivity contribution in [2.24, 2.45) is 0 Å². The second kappa shape index (κ2) is 11.4. The Balaban J connectivity index is 1.41. The van der Waals surface area contributed by atoms with Crippen molar-refractivity contribution >= 4 is 33.5 Å². The minimum atomic E-state index is -4.48. The second-order valence-corrected chi connectivity index (χ2v) is 10.8. The summed E-state index contributed by atoms with van der Waals surface area (Å²) in [6.07, 6.45) is -0.808. The normalized spacial score (nSPS) is 16.2. The number of halogens is 3. The van der Waals surface area contributed by atoms with Crippen molar-refractivity contribution in [1.29, 1.82) is 0 Å². The van der Waals surface area contributed by atoms with Gasteiger partial charge < -0.3 is 10.6 Å². The molecule has 13 heteroatoms. The number of pyridine rings is 1. The van der Waals surface area contributed by atoms with Gasteiger partial charge >= 0.3 is 12.2 Å². The number of hydrogen-bond donors (Lipinski definition) is 3. The van der Waals surface area contributed by atoms with E-state index < -0.39 is 33.8 Å². The highest BCUT2D eigenvalue weighted by Crippen LogP contribution is 2.30. The van der Waals surface area contributed by atoms with Crippen LogP contribution in [0.2, 0.25) is 0 Å². The predicted octanol–water partition coefficient (Wildman–Crippen LogP) is 4.13. The summed E-state index contributed by atoms with van der Waals surface area (Å²) in [5.41, 5.74) is 1.61. The molecule has 1 fully saturated rings. The van der Waals surface area contributed by atoms with Crippen LogP contribution in [-0.2, 0) is 27.5 Å². The van der Waals surface area contributed by atoms with E-state index >= 15 is 0 Å². The van der Waals surface area contributed by atoms with E-state index in [-0.39, 0.29) is 18.1 Å². The average molecular weight is 562 g/mol. The third kappa shape index (κ3) is 7.33. The smallest absolute Gasteiger partial charge is 0.326 e. The molecule has 2 aromatic carbocycles. The Bertz CT molecular complexity index is 1450. The van der Waals surface area contributed by atoms with Crippen molar-refractivity contribution in [2.45, 2.75) is 31.6 Å². The molecule has 1 atom stereocenters. The largest absolute Gasteiger partial charge is 0.416 e. The van der Waals surface area contributed by atoms with E-state index in [0.29, 0.717) is 25.2 Å². The molecule has 4 rings (SSSR count). The van der Waals surface area contributed by atoms with E-state index in [0.717, 1.165) is 47.2 Å². The lowest BCUT2D eigenvalue weighted by atomic mass is 10.0. The molecule has 9 nitrogen and oxygen atoms in total. The van der Waals surface area contributed by atoms with Gasteiger partial charge in [0.05, 0.1) is 11.8 Å². The molecule has 1 saturated heterocycles. The van der Waals surface area contributed by atoms with Crippen LogP contribution in [0.15, 0.2) is 66.9 Å². The molecule has 0 bridgehead atoms. The summed E-state index contributed by atoms with van der Waals surface area (Å²) in [5.74, 6) is 0.0342. The summed E-state index contributed by atoms with van der Waals surface area (Å²) >= 11 is 0. The molecular formula is C26H26F3N5O4S. The number of rotatable bonds is 7. The lowest BCUT2D eigenvalue weighted by molar-refractivity contribution is -0.137. The SMILES string of the molecule is CS(=O)(=O)NCc1ccccc1-c1ccc(N2CCC[C@@H](NC(=O)Nc3ccc(C(F)(F)F)cc3)C2=O)nc1. The molecule has 39 heavy (non-hydrogen) atoms. The molecule has 3 N–H and O–H groups in total. The highest BCUT2D eigenvalue weighted by Gasteiger charge is 2.32. The first kappa shape index (κ1) is 28.0. The van der Waals surface area contributed by atoms with Crippen LogP contribution < -0.4 is 20.3 Å². The number of amides is 3. The van der Waals surface area contributed by atoms with Gasteiger partial charge in [-0.3, -0.25) is 9.69 Å². The van der Waals surface area contributed by atoms with Crippen LogP contribution >= 0.6 is 0 Å². The predicted molar refractivity (Wildman–Crippen MR) is 140 cm³/mol. The van der Waals surface area contributed by atoms with Gasteiger partial charge in [-0.25, -0.2) is 22.9 Å². The molecule has 1 aliphatic heterocycles. The van der Waals surface area contributed by atoms with E-state index in [9.17, 15) is 31.2 Å². The summed E-state index contributed by atoms with van der Waals surface area (Å²) in [4.78, 5) is 31.4. The van der Waals surface area contributed by atoms with Crippen LogP contribution in [0.5, 0.6) is 0 Å². The molecular weight excluding hydrogens is 535 g/mol. The van der Waals surface area contributed by atoms with Crippen molar-refractivity contribution < 1.29 is 31.2 Å². The van der Waals surface area contributed by atoms with E-state index in [1.54, 1.807) is 24.4 Å². The third-order valence-corrected chi connectivity index (χ3v) is 6.76. The van der Waals surface area contributed by atoms with E-state index in [1.165, 1.54) is 4.90 Å². The first-order chi connectivity index (χ1) is 18.4. The minimum absolute atomic E-state index is 0.114. The van der Waals surface area contributed by atoms with Gasteiger partial charge in [-0.1, -0.05) is 24.3 Å². The average Bonchev–Trinajstić information content (AvgIpc) is 2.88. The molecule has 206 valence electrons. The van der Waals surface area contributed by atoms with Gasteiger partial charge in [0.15, 0.2) is 0 Å². The number of benzene rings is 2. The highest BCUT2D eigenvalue weighted by molar-refractivity contribution is 7.88. The van der Waals surface area contributed by atoms with Crippen molar-refractivity contribution in [3.63, 3.8) is 0 Å². The highest BCUT2D eigenvalue weighted by atomic mass is 32.2. The quantitative estimate of drug-likeness (QED) is 0.401. The number of carbonyl (C=O) groups excluding carboxylic acids is 2. The summed E-state index contributed by atoms with van der Waals surface area (Å²) in [6, 6.07) is 13.2. The number of hydrogen-bond acceptors (Lipinski definition) is 5. The third-order valence-electron chi connectivity index (χ3n) is 6.09. The number of urea groups is 1. The van der Waals surface area contributed by atoms with Crippen molar-refractivity contribution in [3.8, 4) is 11.1 Å². The Morgan fingerprint density at radius 2 is 1.79 bits per heavy atom. The van der Waals surface area contributed by atoms with Crippen LogP contribution in [0.3, 0.4) is 0 Å². The maximum absolute atomic E-state index is 13.1. The fraction of sp³-hybridized carbons (Fsp3) is 0.269. The Hall–Kier alpha value is -3.97. The van der Waals surface area contributed by atoms with Crippen molar-refractivity contribution in [1.82, 2.24) is 15.0 Å². The first-order valence-corrected chi connectivity index (χ1v) is 13.8. The van der Waals surface area contributed by atoms with Gasteiger partial charge in [0, 0.05) is 30.5 Å². The van der Waals surface area contributed by atoms with Gasteiger partial charge in [-0.2, -0.15) is 13.2 Å². The number of aromatic nitrogens is 1. The fourth-order valence-corrected chi connectivity index (χ4v) is 4.59. The topological polar surface area (TPSA) is 121 Å². The number of alkyl halides is 3. The molecule has 3 aromatic rings. The molecule has 1 aromatic heterocycles. The summed E-state index contributed by atoms with van der Waals surface area (Å²) in [5, 5.41) is 5.03. The molecule has 0 unspecified atom stereocenters. The Labute approximate surface area is 223 Å². The molecule has 2 heterocycles. The number of piperidine rings is 1. The molecule has 0 aliphatic carbocycles. The monoisotopic (exact) mass is 561 g/mol. The maximum Gasteiger partial charge on any atom is 0.416 e. The Morgan fingerprint density at radius 3 is 2.44 bits per heavy atom. The molecule has 1 aliphatic rings. The van der Waals surface area contributed by atoms with Gasteiger partial charge in [-0.15, -0.1) is 0 Å². The van der Waals surface area contributed by atoms with Crippen molar-refractivity contribution in [2.75, 3.05) is 23.0 Å². The zero-order chi connectivity index (χ0) is 28.2. The van der Waals surface area contributed by atoms with Crippen LogP contribution in [0.1, 0.15) is 24.0 Å². The Kier molecular flexibility index (Phi) is 8.21. The summed E-state index contributed by atoms with van der Waals surface area (Å²) in [7, 11) is -3.37. The summed E-state index contributed by atoms with van der Waals surface area (Å²) < 4.78 is 63.7. The maximum atomic E-state index is 13.1. The molecule has 0 radical (unpaired) electrons. The van der Waals surface area contributed by atoms with Crippen LogP contribution in [0, 0.1) is 0 Å². The number of nitrogens with one attached hydrogen (secondary N) is 3. The fourth-order valence-electron chi connectivity index (χ4n) is 4.17. The van der Waals surface area contributed by atoms with E-state index in [4.69, 9.17) is 0 Å².